The molecule has 4 amide bonds. The van der Waals surface area contributed by atoms with Gasteiger partial charge in [-0.05, 0) is 25.0 Å². The maximum atomic E-state index is 13.0. The zero-order valence-electron chi connectivity index (χ0n) is 17.3. The van der Waals surface area contributed by atoms with Crippen molar-refractivity contribution in [3.05, 3.63) is 29.3 Å². The molecule has 0 bridgehead atoms. The van der Waals surface area contributed by atoms with Gasteiger partial charge in [-0.3, -0.25) is 34.2 Å². The molecule has 10 nitrogen and oxygen atoms in total. The zero-order valence-corrected chi connectivity index (χ0v) is 18.2. The third-order valence-corrected chi connectivity index (χ3v) is 6.10. The molecule has 0 saturated carbocycles. The monoisotopic (exact) mass is 464 g/mol. The van der Waals surface area contributed by atoms with Gasteiger partial charge in [-0.1, -0.05) is 6.07 Å². The first-order chi connectivity index (χ1) is 15.4. The molecule has 11 heteroatoms. The van der Waals surface area contributed by atoms with E-state index in [4.69, 9.17) is 14.6 Å². The predicted molar refractivity (Wildman–Crippen MR) is 112 cm³/mol. The highest BCUT2D eigenvalue weighted by Crippen LogP contribution is 2.34. The van der Waals surface area contributed by atoms with Gasteiger partial charge in [-0.2, -0.15) is 0 Å². The molecule has 1 atom stereocenters. The van der Waals surface area contributed by atoms with Crippen molar-refractivity contribution in [3.8, 4) is 0 Å². The van der Waals surface area contributed by atoms with Gasteiger partial charge in [0.15, 0.2) is 0 Å². The van der Waals surface area contributed by atoms with Crippen LogP contribution in [0, 0.1) is 0 Å². The van der Waals surface area contributed by atoms with Crippen LogP contribution in [0.15, 0.2) is 23.1 Å². The van der Waals surface area contributed by atoms with Crippen molar-refractivity contribution in [2.75, 3.05) is 32.2 Å². The van der Waals surface area contributed by atoms with E-state index in [1.165, 1.54) is 11.8 Å². The summed E-state index contributed by atoms with van der Waals surface area (Å²) in [6, 6.07) is 4.05. The Morgan fingerprint density at radius 2 is 1.84 bits per heavy atom. The van der Waals surface area contributed by atoms with Crippen molar-refractivity contribution in [3.63, 3.8) is 0 Å². The van der Waals surface area contributed by atoms with Crippen LogP contribution in [-0.4, -0.2) is 77.8 Å². The molecular weight excluding hydrogens is 440 g/mol. The van der Waals surface area contributed by atoms with Crippen LogP contribution in [0.25, 0.3) is 0 Å². The van der Waals surface area contributed by atoms with Crippen LogP contribution in [0.1, 0.15) is 46.4 Å². The second kappa shape index (κ2) is 11.2. The molecule has 172 valence electrons. The van der Waals surface area contributed by atoms with Gasteiger partial charge in [-0.15, -0.1) is 11.8 Å². The third kappa shape index (κ3) is 5.72. The van der Waals surface area contributed by atoms with Gasteiger partial charge in [0, 0.05) is 23.7 Å². The minimum absolute atomic E-state index is 0.0414. The lowest BCUT2D eigenvalue weighted by molar-refractivity contribution is -0.138. The molecule has 2 aliphatic heterocycles. The lowest BCUT2D eigenvalue weighted by atomic mass is 10.0. The summed E-state index contributed by atoms with van der Waals surface area (Å²) < 4.78 is 10.6. The maximum Gasteiger partial charge on any atom is 0.305 e. The minimum Gasteiger partial charge on any atom is -0.481 e. The summed E-state index contributed by atoms with van der Waals surface area (Å²) in [4.78, 5) is 61.4. The Morgan fingerprint density at radius 3 is 2.56 bits per heavy atom. The Hall–Kier alpha value is -2.76. The minimum atomic E-state index is -0.982. The van der Waals surface area contributed by atoms with Crippen molar-refractivity contribution < 1.29 is 38.6 Å². The largest absolute Gasteiger partial charge is 0.481 e. The van der Waals surface area contributed by atoms with E-state index in [0.29, 0.717) is 42.5 Å². The number of piperidine rings is 1. The van der Waals surface area contributed by atoms with Crippen molar-refractivity contribution in [2.45, 2.75) is 36.6 Å². The molecule has 1 fully saturated rings. The van der Waals surface area contributed by atoms with Crippen LogP contribution in [-0.2, 0) is 23.9 Å². The molecule has 0 aliphatic carbocycles. The molecule has 32 heavy (non-hydrogen) atoms. The fraction of sp³-hybridized carbons (Fsp3) is 0.476. The van der Waals surface area contributed by atoms with E-state index >= 15 is 0 Å². The summed E-state index contributed by atoms with van der Waals surface area (Å²) in [6.45, 7) is 1.30. The number of nitrogens with one attached hydrogen (secondary N) is 1. The number of benzene rings is 1. The van der Waals surface area contributed by atoms with Gasteiger partial charge in [0.25, 0.3) is 11.8 Å². The van der Waals surface area contributed by atoms with Crippen molar-refractivity contribution in [1.29, 1.82) is 0 Å². The van der Waals surface area contributed by atoms with Crippen molar-refractivity contribution >= 4 is 41.4 Å². The van der Waals surface area contributed by atoms with E-state index < -0.39 is 35.6 Å². The average molecular weight is 464 g/mol. The van der Waals surface area contributed by atoms with Crippen LogP contribution in [0.5, 0.6) is 0 Å². The highest BCUT2D eigenvalue weighted by molar-refractivity contribution is 7.99. The first kappa shape index (κ1) is 23.9. The number of amides is 4. The Balaban J connectivity index is 1.48. The number of carboxylic acids is 1. The normalized spacial score (nSPS) is 18.1. The fourth-order valence-corrected chi connectivity index (χ4v) is 4.43. The molecule has 1 aromatic carbocycles. The lowest BCUT2D eigenvalue weighted by Crippen LogP contribution is -2.54. The van der Waals surface area contributed by atoms with E-state index in [-0.39, 0.29) is 31.4 Å². The highest BCUT2D eigenvalue weighted by atomic mass is 32.2. The quantitative estimate of drug-likeness (QED) is 0.264. The van der Waals surface area contributed by atoms with Crippen LogP contribution in [0.3, 0.4) is 0 Å². The molecule has 2 aliphatic rings. The molecule has 2 heterocycles. The van der Waals surface area contributed by atoms with Crippen LogP contribution < -0.4 is 5.32 Å². The molecule has 0 aromatic heterocycles. The van der Waals surface area contributed by atoms with Crippen molar-refractivity contribution in [1.82, 2.24) is 10.2 Å². The summed E-state index contributed by atoms with van der Waals surface area (Å²) in [7, 11) is 0. The number of carboxylic acid groups (broad SMARTS) is 1. The summed E-state index contributed by atoms with van der Waals surface area (Å²) in [6.07, 6.45) is 0.856. The second-order valence-corrected chi connectivity index (χ2v) is 8.33. The third-order valence-electron chi connectivity index (χ3n) is 4.95. The molecule has 1 unspecified atom stereocenters. The fourth-order valence-electron chi connectivity index (χ4n) is 3.43. The van der Waals surface area contributed by atoms with E-state index in [9.17, 15) is 24.0 Å². The molecule has 0 radical (unpaired) electrons. The Morgan fingerprint density at radius 1 is 1.09 bits per heavy atom. The van der Waals surface area contributed by atoms with Crippen molar-refractivity contribution in [2.24, 2.45) is 0 Å². The number of aliphatic carboxylic acids is 1. The number of hydrogen-bond acceptors (Lipinski definition) is 8. The predicted octanol–water partition coefficient (Wildman–Crippen LogP) is 1.08. The van der Waals surface area contributed by atoms with Gasteiger partial charge >= 0.3 is 5.97 Å². The number of carbonyl (C=O) groups is 5. The standard InChI is InChI=1S/C21H24N2O8S/c24-16-6-5-14(19(27)22-16)23-20(28)13-3-1-4-15(18(13)21(23)29)32-12-2-8-30-10-11-31-9-7-17(25)26/h1,3-4,14H,2,5-12H2,(H,25,26)(H,22,24,27). The Kier molecular flexibility index (Phi) is 8.37. The smallest absolute Gasteiger partial charge is 0.305 e. The first-order valence-electron chi connectivity index (χ1n) is 10.2. The summed E-state index contributed by atoms with van der Waals surface area (Å²) >= 11 is 1.43. The molecular formula is C21H24N2O8S. The van der Waals surface area contributed by atoms with E-state index in [2.05, 4.69) is 5.32 Å². The van der Waals surface area contributed by atoms with Gasteiger partial charge in [0.2, 0.25) is 11.8 Å². The van der Waals surface area contributed by atoms with Gasteiger partial charge in [0.05, 0.1) is 37.4 Å². The van der Waals surface area contributed by atoms with E-state index in [1.54, 1.807) is 18.2 Å². The average Bonchev–Trinajstić information content (AvgIpc) is 3.00. The second-order valence-electron chi connectivity index (χ2n) is 7.20. The van der Waals surface area contributed by atoms with E-state index in [1.807, 2.05) is 0 Å². The number of hydrogen-bond donors (Lipinski definition) is 2. The summed E-state index contributed by atoms with van der Waals surface area (Å²) in [5.74, 6) is -2.33. The number of thioether (sulfide) groups is 1. The number of ether oxygens (including phenoxy) is 2. The number of fused-ring (bicyclic) bond motifs is 1. The Bertz CT molecular complexity index is 919. The SMILES string of the molecule is O=C(O)CCOCCOCCCSc1cccc2c1C(=O)N(C1CCC(=O)NC1=O)C2=O. The van der Waals surface area contributed by atoms with Crippen LogP contribution in [0.4, 0.5) is 0 Å². The van der Waals surface area contributed by atoms with E-state index in [0.717, 1.165) is 4.90 Å². The summed E-state index contributed by atoms with van der Waals surface area (Å²) in [5, 5.41) is 10.7. The summed E-state index contributed by atoms with van der Waals surface area (Å²) in [5.41, 5.74) is 0.555. The molecule has 0 spiro atoms. The number of nitrogens with zero attached hydrogens (tertiary/aromatic N) is 1. The number of imide groups is 2. The van der Waals surface area contributed by atoms with Gasteiger partial charge < -0.3 is 14.6 Å². The molecule has 1 aromatic rings. The van der Waals surface area contributed by atoms with Gasteiger partial charge in [-0.25, -0.2) is 0 Å². The maximum absolute atomic E-state index is 13.0. The lowest BCUT2D eigenvalue weighted by Gasteiger charge is -2.27. The zero-order chi connectivity index (χ0) is 23.1. The van der Waals surface area contributed by atoms with Gasteiger partial charge in [0.1, 0.15) is 6.04 Å². The van der Waals surface area contributed by atoms with Crippen LogP contribution in [0.2, 0.25) is 0 Å². The van der Waals surface area contributed by atoms with Crippen LogP contribution >= 0.6 is 11.8 Å². The highest BCUT2D eigenvalue weighted by Gasteiger charge is 2.45. The number of carbonyl (C=O) groups excluding carboxylic acids is 4. The molecule has 1 saturated heterocycles. The molecule has 3 rings (SSSR count). The topological polar surface area (TPSA) is 139 Å². The Labute approximate surface area is 188 Å². The number of rotatable bonds is 12. The first-order valence-corrected chi connectivity index (χ1v) is 11.2. The molecule has 2 N–H and O–H groups in total.